The van der Waals surface area contributed by atoms with E-state index >= 15 is 0 Å². The van der Waals surface area contributed by atoms with Crippen LogP contribution in [0.2, 0.25) is 0 Å². The summed E-state index contributed by atoms with van der Waals surface area (Å²) in [6.45, 7) is 4.79. The van der Waals surface area contributed by atoms with Crippen molar-refractivity contribution in [3.63, 3.8) is 0 Å². The van der Waals surface area contributed by atoms with Crippen LogP contribution in [0, 0.1) is 13.8 Å². The lowest BCUT2D eigenvalue weighted by Crippen LogP contribution is -2.35. The standard InChI is InChI=1S/C20H23NO4S/c1-15-8-6-9-16(2)19(15)25-20(22)17-10-7-11-18(14-17)26(23,24)21-12-4-3-5-13-21/h6-11,14H,3-5,12-13H2,1-2H3. The molecule has 0 saturated carbocycles. The molecule has 0 aromatic heterocycles. The van der Waals surface area contributed by atoms with Gasteiger partial charge in [0.15, 0.2) is 0 Å². The van der Waals surface area contributed by atoms with Crippen molar-refractivity contribution in [1.82, 2.24) is 4.31 Å². The minimum absolute atomic E-state index is 0.135. The zero-order valence-corrected chi connectivity index (χ0v) is 15.9. The minimum atomic E-state index is -3.58. The normalized spacial score (nSPS) is 15.6. The van der Waals surface area contributed by atoms with E-state index in [1.165, 1.54) is 16.4 Å². The van der Waals surface area contributed by atoms with Crippen LogP contribution in [0.25, 0.3) is 0 Å². The Morgan fingerprint density at radius 1 is 0.962 bits per heavy atom. The summed E-state index contributed by atoms with van der Waals surface area (Å²) in [5.41, 5.74) is 1.94. The number of benzene rings is 2. The minimum Gasteiger partial charge on any atom is -0.422 e. The number of esters is 1. The Morgan fingerprint density at radius 3 is 2.23 bits per heavy atom. The Morgan fingerprint density at radius 2 is 1.58 bits per heavy atom. The topological polar surface area (TPSA) is 63.7 Å². The number of carbonyl (C=O) groups excluding carboxylic acids is 1. The highest BCUT2D eigenvalue weighted by Gasteiger charge is 2.26. The summed E-state index contributed by atoms with van der Waals surface area (Å²) in [7, 11) is -3.58. The number of aryl methyl sites for hydroxylation is 2. The van der Waals surface area contributed by atoms with Gasteiger partial charge in [0.05, 0.1) is 10.5 Å². The molecule has 0 unspecified atom stereocenters. The quantitative estimate of drug-likeness (QED) is 0.606. The van der Waals surface area contributed by atoms with Gasteiger partial charge in [0.2, 0.25) is 10.0 Å². The van der Waals surface area contributed by atoms with Crippen LogP contribution in [0.15, 0.2) is 47.4 Å². The number of carbonyl (C=O) groups is 1. The van der Waals surface area contributed by atoms with Gasteiger partial charge >= 0.3 is 5.97 Å². The first-order valence-electron chi connectivity index (χ1n) is 8.78. The molecule has 5 nitrogen and oxygen atoms in total. The fourth-order valence-corrected chi connectivity index (χ4v) is 4.71. The van der Waals surface area contributed by atoms with Gasteiger partial charge in [-0.15, -0.1) is 0 Å². The summed E-state index contributed by atoms with van der Waals surface area (Å²) >= 11 is 0. The van der Waals surface area contributed by atoms with Crippen molar-refractivity contribution >= 4 is 16.0 Å². The van der Waals surface area contributed by atoms with Crippen LogP contribution < -0.4 is 4.74 Å². The van der Waals surface area contributed by atoms with E-state index in [0.717, 1.165) is 30.4 Å². The smallest absolute Gasteiger partial charge is 0.343 e. The largest absolute Gasteiger partial charge is 0.422 e. The van der Waals surface area contributed by atoms with Crippen LogP contribution in [0.5, 0.6) is 5.75 Å². The molecular formula is C20H23NO4S. The highest BCUT2D eigenvalue weighted by molar-refractivity contribution is 7.89. The van der Waals surface area contributed by atoms with Crippen molar-refractivity contribution in [3.8, 4) is 5.75 Å². The third-order valence-corrected chi connectivity index (χ3v) is 6.52. The van der Waals surface area contributed by atoms with Crippen LogP contribution in [0.3, 0.4) is 0 Å². The van der Waals surface area contributed by atoms with Gasteiger partial charge in [-0.25, -0.2) is 13.2 Å². The summed E-state index contributed by atoms with van der Waals surface area (Å²) in [6.07, 6.45) is 2.79. The Balaban J connectivity index is 1.86. The molecule has 6 heteroatoms. The molecule has 26 heavy (non-hydrogen) atoms. The van der Waals surface area contributed by atoms with E-state index in [2.05, 4.69) is 0 Å². The number of hydrogen-bond acceptors (Lipinski definition) is 4. The lowest BCUT2D eigenvalue weighted by molar-refractivity contribution is 0.0732. The number of sulfonamides is 1. The van der Waals surface area contributed by atoms with E-state index in [1.807, 2.05) is 32.0 Å². The summed E-state index contributed by atoms with van der Waals surface area (Å²) < 4.78 is 32.6. The molecule has 0 amide bonds. The van der Waals surface area contributed by atoms with Crippen molar-refractivity contribution < 1.29 is 17.9 Å². The predicted molar refractivity (Wildman–Crippen MR) is 99.9 cm³/mol. The van der Waals surface area contributed by atoms with Gasteiger partial charge in [-0.2, -0.15) is 4.31 Å². The fraction of sp³-hybridized carbons (Fsp3) is 0.350. The third-order valence-electron chi connectivity index (χ3n) is 4.63. The van der Waals surface area contributed by atoms with Crippen molar-refractivity contribution in [2.45, 2.75) is 38.0 Å². The van der Waals surface area contributed by atoms with Gasteiger partial charge in [0.25, 0.3) is 0 Å². The van der Waals surface area contributed by atoms with Crippen molar-refractivity contribution in [1.29, 1.82) is 0 Å². The second kappa shape index (κ2) is 7.60. The molecule has 0 aliphatic carbocycles. The van der Waals surface area contributed by atoms with Crippen LogP contribution >= 0.6 is 0 Å². The van der Waals surface area contributed by atoms with Crippen molar-refractivity contribution in [2.75, 3.05) is 13.1 Å². The molecular weight excluding hydrogens is 350 g/mol. The number of para-hydroxylation sites is 1. The molecule has 2 aromatic rings. The fourth-order valence-electron chi connectivity index (χ4n) is 3.15. The average Bonchev–Trinajstić information content (AvgIpc) is 2.65. The molecule has 0 radical (unpaired) electrons. The zero-order chi connectivity index (χ0) is 18.7. The lowest BCUT2D eigenvalue weighted by atomic mass is 10.1. The van der Waals surface area contributed by atoms with E-state index in [9.17, 15) is 13.2 Å². The summed E-state index contributed by atoms with van der Waals surface area (Å²) in [4.78, 5) is 12.7. The maximum atomic E-state index is 12.8. The molecule has 0 N–H and O–H groups in total. The third kappa shape index (κ3) is 3.81. The molecule has 1 fully saturated rings. The number of rotatable bonds is 4. The van der Waals surface area contributed by atoms with Gasteiger partial charge in [-0.1, -0.05) is 30.7 Å². The number of piperidine rings is 1. The monoisotopic (exact) mass is 373 g/mol. The second-order valence-electron chi connectivity index (χ2n) is 6.60. The molecule has 0 atom stereocenters. The molecule has 3 rings (SSSR count). The average molecular weight is 373 g/mol. The van der Waals surface area contributed by atoms with Gasteiger partial charge in [0.1, 0.15) is 5.75 Å². The summed E-state index contributed by atoms with van der Waals surface area (Å²) in [5, 5.41) is 0. The van der Waals surface area contributed by atoms with Gasteiger partial charge in [0, 0.05) is 13.1 Å². The van der Waals surface area contributed by atoms with Crippen LogP contribution in [-0.4, -0.2) is 31.8 Å². The van der Waals surface area contributed by atoms with Crippen LogP contribution in [0.4, 0.5) is 0 Å². The Labute approximate surface area is 154 Å². The van der Waals surface area contributed by atoms with E-state index < -0.39 is 16.0 Å². The SMILES string of the molecule is Cc1cccc(C)c1OC(=O)c1cccc(S(=O)(=O)N2CCCCC2)c1. The first-order chi connectivity index (χ1) is 12.4. The van der Waals surface area contributed by atoms with Gasteiger partial charge in [-0.05, 0) is 56.0 Å². The van der Waals surface area contributed by atoms with Crippen molar-refractivity contribution in [3.05, 3.63) is 59.2 Å². The predicted octanol–water partition coefficient (Wildman–Crippen LogP) is 3.70. The van der Waals surface area contributed by atoms with Gasteiger partial charge in [-0.3, -0.25) is 0 Å². The van der Waals surface area contributed by atoms with Gasteiger partial charge < -0.3 is 4.74 Å². The molecule has 1 saturated heterocycles. The molecule has 2 aromatic carbocycles. The highest BCUT2D eigenvalue weighted by atomic mass is 32.2. The molecule has 0 bridgehead atoms. The summed E-state index contributed by atoms with van der Waals surface area (Å²) in [5.74, 6) is -0.0418. The first-order valence-corrected chi connectivity index (χ1v) is 10.2. The molecule has 1 heterocycles. The van der Waals surface area contributed by atoms with E-state index in [0.29, 0.717) is 18.8 Å². The Hall–Kier alpha value is -2.18. The number of nitrogens with zero attached hydrogens (tertiary/aromatic N) is 1. The number of hydrogen-bond donors (Lipinski definition) is 0. The first kappa shape index (κ1) is 18.6. The van der Waals surface area contributed by atoms with Crippen molar-refractivity contribution in [2.24, 2.45) is 0 Å². The lowest BCUT2D eigenvalue weighted by Gasteiger charge is -2.26. The second-order valence-corrected chi connectivity index (χ2v) is 8.54. The highest BCUT2D eigenvalue weighted by Crippen LogP contribution is 2.25. The van der Waals surface area contributed by atoms with E-state index in [4.69, 9.17) is 4.74 Å². The summed E-state index contributed by atoms with van der Waals surface area (Å²) in [6, 6.07) is 11.7. The van der Waals surface area contributed by atoms with Crippen LogP contribution in [0.1, 0.15) is 40.7 Å². The Bertz CT molecular complexity index is 895. The maximum Gasteiger partial charge on any atom is 0.343 e. The zero-order valence-electron chi connectivity index (χ0n) is 15.1. The molecule has 138 valence electrons. The molecule has 1 aliphatic heterocycles. The van der Waals surface area contributed by atoms with E-state index in [-0.39, 0.29) is 10.5 Å². The number of ether oxygens (including phenoxy) is 1. The van der Waals surface area contributed by atoms with Crippen LogP contribution in [-0.2, 0) is 10.0 Å². The molecule has 0 spiro atoms. The Kier molecular flexibility index (Phi) is 5.44. The maximum absolute atomic E-state index is 12.8. The van der Waals surface area contributed by atoms with E-state index in [1.54, 1.807) is 12.1 Å². The molecule has 1 aliphatic rings.